The molecule has 10 nitrogen and oxygen atoms in total. The fourth-order valence-corrected chi connectivity index (χ4v) is 1.46. The number of carbonyl (C=O) groups is 3. The van der Waals surface area contributed by atoms with Crippen LogP contribution in [0.1, 0.15) is 23.1 Å². The van der Waals surface area contributed by atoms with Gasteiger partial charge in [0.15, 0.2) is 5.69 Å². The summed E-state index contributed by atoms with van der Waals surface area (Å²) in [5.74, 6) is -1.82. The number of hydrogen-bond donors (Lipinski definition) is 4. The minimum atomic E-state index is -1.25. The number of carboxylic acids is 1. The lowest BCUT2D eigenvalue weighted by atomic mass is 10.3. The number of aromatic nitrogens is 3. The predicted octanol–water partition coefficient (Wildman–Crippen LogP) is -2.31. The second-order valence-electron chi connectivity index (χ2n) is 3.88. The van der Waals surface area contributed by atoms with Gasteiger partial charge in [-0.3, -0.25) is 9.59 Å². The number of hydrogen-bond acceptors (Lipinski definition) is 6. The Morgan fingerprint density at radius 3 is 2.50 bits per heavy atom. The first-order valence-corrected chi connectivity index (χ1v) is 5.82. The summed E-state index contributed by atoms with van der Waals surface area (Å²) in [7, 11) is 0. The molecule has 5 N–H and O–H groups in total. The molecule has 1 aromatic rings. The highest BCUT2D eigenvalue weighted by Crippen LogP contribution is 2.04. The smallest absolute Gasteiger partial charge is 0.358 e. The average Bonchev–Trinajstić information content (AvgIpc) is 2.77. The molecule has 110 valence electrons. The highest BCUT2D eigenvalue weighted by molar-refractivity contribution is 5.86. The third-order valence-corrected chi connectivity index (χ3v) is 2.35. The minimum absolute atomic E-state index is 0.0895. The number of carboxylic acid groups (broad SMARTS) is 1. The summed E-state index contributed by atoms with van der Waals surface area (Å²) in [5, 5.41) is 21.0. The van der Waals surface area contributed by atoms with Gasteiger partial charge in [0.25, 0.3) is 0 Å². The van der Waals surface area contributed by atoms with E-state index in [-0.39, 0.29) is 42.8 Å². The van der Waals surface area contributed by atoms with Crippen molar-refractivity contribution in [3.8, 4) is 0 Å². The third kappa shape index (κ3) is 4.31. The summed E-state index contributed by atoms with van der Waals surface area (Å²) in [6, 6.07) is 0. The fourth-order valence-electron chi connectivity index (χ4n) is 1.46. The van der Waals surface area contributed by atoms with Crippen LogP contribution >= 0.6 is 0 Å². The van der Waals surface area contributed by atoms with Gasteiger partial charge in [0, 0.05) is 26.6 Å². The maximum atomic E-state index is 11.6. The average molecular weight is 284 g/mol. The Bertz CT molecular complexity index is 512. The summed E-state index contributed by atoms with van der Waals surface area (Å²) >= 11 is 0. The van der Waals surface area contributed by atoms with Crippen LogP contribution in [0.3, 0.4) is 0 Å². The maximum absolute atomic E-state index is 11.6. The van der Waals surface area contributed by atoms with Crippen molar-refractivity contribution < 1.29 is 19.5 Å². The van der Waals surface area contributed by atoms with Crippen molar-refractivity contribution in [2.24, 2.45) is 5.73 Å². The molecule has 0 unspecified atom stereocenters. The van der Waals surface area contributed by atoms with Crippen LogP contribution in [0.2, 0.25) is 0 Å². The highest BCUT2D eigenvalue weighted by atomic mass is 16.4. The van der Waals surface area contributed by atoms with Gasteiger partial charge in [-0.05, 0) is 0 Å². The zero-order valence-corrected chi connectivity index (χ0v) is 10.9. The van der Waals surface area contributed by atoms with E-state index in [1.165, 1.54) is 6.92 Å². The van der Waals surface area contributed by atoms with Gasteiger partial charge in [-0.25, -0.2) is 9.48 Å². The number of amides is 2. The normalized spacial score (nSPS) is 10.1. The predicted molar refractivity (Wildman–Crippen MR) is 66.6 cm³/mol. The van der Waals surface area contributed by atoms with Crippen molar-refractivity contribution in [2.45, 2.75) is 20.0 Å². The number of aromatic carboxylic acids is 1. The summed E-state index contributed by atoms with van der Waals surface area (Å²) in [6.07, 6.45) is 0. The highest BCUT2D eigenvalue weighted by Gasteiger charge is 2.18. The molecule has 1 rings (SSSR count). The lowest BCUT2D eigenvalue weighted by Gasteiger charge is -2.07. The van der Waals surface area contributed by atoms with Crippen molar-refractivity contribution in [2.75, 3.05) is 13.1 Å². The van der Waals surface area contributed by atoms with Gasteiger partial charge in [-0.2, -0.15) is 0 Å². The van der Waals surface area contributed by atoms with Crippen LogP contribution in [0.4, 0.5) is 0 Å². The van der Waals surface area contributed by atoms with Crippen molar-refractivity contribution in [3.05, 3.63) is 11.4 Å². The molecule has 10 heteroatoms. The Kier molecular flexibility index (Phi) is 5.59. The second kappa shape index (κ2) is 7.19. The zero-order chi connectivity index (χ0) is 15.1. The van der Waals surface area contributed by atoms with E-state index in [2.05, 4.69) is 20.9 Å². The Balaban J connectivity index is 2.54. The number of nitrogens with one attached hydrogen (secondary N) is 2. The standard InChI is InChI=1S/C10H16N6O4/c1-6(17)12-2-3-13-8(18)5-16-7(4-11)9(10(19)20)14-15-16/h2-5,11H2,1H3,(H,12,17)(H,13,18)(H,19,20). The first-order valence-electron chi connectivity index (χ1n) is 5.82. The molecule has 0 spiro atoms. The van der Waals surface area contributed by atoms with Crippen molar-refractivity contribution >= 4 is 17.8 Å². The molecule has 1 aromatic heterocycles. The van der Waals surface area contributed by atoms with Crippen molar-refractivity contribution in [3.63, 3.8) is 0 Å². The summed E-state index contributed by atoms with van der Waals surface area (Å²) in [4.78, 5) is 33.1. The van der Waals surface area contributed by atoms with E-state index in [1.807, 2.05) is 0 Å². The number of nitrogens with zero attached hydrogens (tertiary/aromatic N) is 3. The Hall–Kier alpha value is -2.49. The van der Waals surface area contributed by atoms with Gasteiger partial charge in [0.05, 0.1) is 5.69 Å². The molecular formula is C10H16N6O4. The number of rotatable bonds is 7. The van der Waals surface area contributed by atoms with E-state index in [1.54, 1.807) is 0 Å². The summed E-state index contributed by atoms with van der Waals surface area (Å²) < 4.78 is 1.14. The van der Waals surface area contributed by atoms with E-state index >= 15 is 0 Å². The Morgan fingerprint density at radius 1 is 1.30 bits per heavy atom. The number of nitrogens with two attached hydrogens (primary N) is 1. The zero-order valence-electron chi connectivity index (χ0n) is 10.9. The van der Waals surface area contributed by atoms with Crippen LogP contribution in [0, 0.1) is 0 Å². The SMILES string of the molecule is CC(=O)NCCNC(=O)Cn1nnc(C(=O)O)c1CN. The molecule has 0 aliphatic heterocycles. The van der Waals surface area contributed by atoms with Gasteiger partial charge < -0.3 is 21.5 Å². The molecule has 0 atom stereocenters. The van der Waals surface area contributed by atoms with Gasteiger partial charge in [0.2, 0.25) is 11.8 Å². The number of carbonyl (C=O) groups excluding carboxylic acids is 2. The van der Waals surface area contributed by atoms with E-state index < -0.39 is 5.97 Å². The molecule has 20 heavy (non-hydrogen) atoms. The Morgan fingerprint density at radius 2 is 1.95 bits per heavy atom. The molecule has 0 fully saturated rings. The van der Waals surface area contributed by atoms with Crippen LogP contribution in [-0.4, -0.2) is 51.0 Å². The molecule has 0 aliphatic carbocycles. The molecular weight excluding hydrogens is 268 g/mol. The van der Waals surface area contributed by atoms with E-state index in [4.69, 9.17) is 10.8 Å². The molecule has 0 aliphatic rings. The summed E-state index contributed by atoms with van der Waals surface area (Å²) in [6.45, 7) is 1.66. The molecule has 0 bridgehead atoms. The van der Waals surface area contributed by atoms with Crippen LogP contribution < -0.4 is 16.4 Å². The van der Waals surface area contributed by atoms with Crippen molar-refractivity contribution in [1.82, 2.24) is 25.6 Å². The minimum Gasteiger partial charge on any atom is -0.476 e. The fraction of sp³-hybridized carbons (Fsp3) is 0.500. The molecule has 1 heterocycles. The largest absolute Gasteiger partial charge is 0.476 e. The Labute approximate surface area is 114 Å². The molecule has 2 amide bonds. The first kappa shape index (κ1) is 15.6. The third-order valence-electron chi connectivity index (χ3n) is 2.35. The van der Waals surface area contributed by atoms with Gasteiger partial charge in [-0.1, -0.05) is 5.21 Å². The lowest BCUT2D eigenvalue weighted by molar-refractivity contribution is -0.122. The molecule has 0 radical (unpaired) electrons. The summed E-state index contributed by atoms with van der Waals surface area (Å²) in [5.41, 5.74) is 5.33. The van der Waals surface area contributed by atoms with Crippen LogP contribution in [0.15, 0.2) is 0 Å². The van der Waals surface area contributed by atoms with Crippen LogP contribution in [0.25, 0.3) is 0 Å². The van der Waals surface area contributed by atoms with E-state index in [0.29, 0.717) is 6.54 Å². The van der Waals surface area contributed by atoms with Crippen LogP contribution in [-0.2, 0) is 22.7 Å². The molecule has 0 saturated heterocycles. The molecule has 0 aromatic carbocycles. The lowest BCUT2D eigenvalue weighted by Crippen LogP contribution is -2.35. The van der Waals surface area contributed by atoms with Gasteiger partial charge in [0.1, 0.15) is 6.54 Å². The van der Waals surface area contributed by atoms with Crippen molar-refractivity contribution in [1.29, 1.82) is 0 Å². The maximum Gasteiger partial charge on any atom is 0.358 e. The first-order chi connectivity index (χ1) is 9.45. The van der Waals surface area contributed by atoms with E-state index in [0.717, 1.165) is 4.68 Å². The molecule has 0 saturated carbocycles. The quantitative estimate of drug-likeness (QED) is 0.410. The van der Waals surface area contributed by atoms with E-state index in [9.17, 15) is 14.4 Å². The second-order valence-corrected chi connectivity index (χ2v) is 3.88. The monoisotopic (exact) mass is 284 g/mol. The van der Waals surface area contributed by atoms with Crippen LogP contribution in [0.5, 0.6) is 0 Å². The van der Waals surface area contributed by atoms with Gasteiger partial charge >= 0.3 is 5.97 Å². The van der Waals surface area contributed by atoms with Gasteiger partial charge in [-0.15, -0.1) is 5.10 Å². The topological polar surface area (TPSA) is 152 Å².